The Morgan fingerprint density at radius 2 is 0.672 bits per heavy atom. The highest BCUT2D eigenvalue weighted by Gasteiger charge is 2.19. The third-order valence-corrected chi connectivity index (χ3v) is 11.0. The van der Waals surface area contributed by atoms with Crippen LogP contribution in [0.25, 0.3) is 0 Å². The fraction of sp³-hybridized carbons (Fsp3) is 0.827. The summed E-state index contributed by atoms with van der Waals surface area (Å²) < 4.78 is 16.8. The molecule has 0 radical (unpaired) electrons. The van der Waals surface area contributed by atoms with E-state index in [4.69, 9.17) is 14.2 Å². The second-order valence-corrected chi connectivity index (χ2v) is 16.8. The number of hydrogen-bond donors (Lipinski definition) is 0. The molecule has 0 bridgehead atoms. The third kappa shape index (κ3) is 44.7. The van der Waals surface area contributed by atoms with Crippen LogP contribution in [0.3, 0.4) is 0 Å². The van der Waals surface area contributed by atoms with Crippen LogP contribution in [-0.2, 0) is 28.6 Å². The van der Waals surface area contributed by atoms with E-state index in [1.54, 1.807) is 0 Å². The van der Waals surface area contributed by atoms with Crippen molar-refractivity contribution in [3.63, 3.8) is 0 Å². The summed E-state index contributed by atoms with van der Waals surface area (Å²) in [5.41, 5.74) is 0. The predicted molar refractivity (Wildman–Crippen MR) is 247 cm³/mol. The van der Waals surface area contributed by atoms with Crippen molar-refractivity contribution < 1.29 is 28.6 Å². The molecular formula is C52H94O6. The van der Waals surface area contributed by atoms with E-state index in [1.807, 2.05) is 0 Å². The van der Waals surface area contributed by atoms with Gasteiger partial charge in [-0.2, -0.15) is 0 Å². The minimum atomic E-state index is -0.776. The quantitative estimate of drug-likeness (QED) is 0.0264. The van der Waals surface area contributed by atoms with E-state index in [1.165, 1.54) is 135 Å². The lowest BCUT2D eigenvalue weighted by molar-refractivity contribution is -0.167. The summed E-state index contributed by atoms with van der Waals surface area (Å²) in [5, 5.41) is 0. The lowest BCUT2D eigenvalue weighted by Gasteiger charge is -2.18. The van der Waals surface area contributed by atoms with Crippen molar-refractivity contribution in [2.45, 2.75) is 264 Å². The maximum Gasteiger partial charge on any atom is 0.306 e. The van der Waals surface area contributed by atoms with Gasteiger partial charge >= 0.3 is 17.9 Å². The third-order valence-electron chi connectivity index (χ3n) is 11.0. The summed E-state index contributed by atoms with van der Waals surface area (Å²) in [5.74, 6) is -0.887. The molecule has 0 spiro atoms. The number of ether oxygens (including phenoxy) is 3. The highest BCUT2D eigenvalue weighted by atomic mass is 16.6. The Morgan fingerprint density at radius 3 is 1.03 bits per heavy atom. The zero-order valence-corrected chi connectivity index (χ0v) is 38.6. The van der Waals surface area contributed by atoms with Gasteiger partial charge in [0.2, 0.25) is 0 Å². The maximum atomic E-state index is 12.7. The predicted octanol–water partition coefficient (Wildman–Crippen LogP) is 16.1. The molecule has 0 aromatic carbocycles. The van der Waals surface area contributed by atoms with Gasteiger partial charge in [-0.05, 0) is 38.5 Å². The van der Waals surface area contributed by atoms with E-state index in [0.29, 0.717) is 19.3 Å². The standard InChI is InChI=1S/C52H94O6/c1-4-7-10-13-16-19-22-25-28-30-33-36-39-42-45-51(54)57-48-49(58-52(55)46-43-40-37-34-31-27-24-21-18-15-12-9-6-3)47-56-50(53)44-41-38-35-32-29-26-23-20-17-14-11-8-5-2/h9,12,15,18,21,24,49H,4-8,10-11,13-14,16-17,19-20,22-23,25-48H2,1-3H3/b12-9+,18-15+,24-21+. The molecule has 58 heavy (non-hydrogen) atoms. The molecule has 0 amide bonds. The van der Waals surface area contributed by atoms with Crippen molar-refractivity contribution in [3.8, 4) is 0 Å². The molecule has 0 aliphatic heterocycles. The summed E-state index contributed by atoms with van der Waals surface area (Å²) in [6.45, 7) is 6.50. The first kappa shape index (κ1) is 55.6. The lowest BCUT2D eigenvalue weighted by Crippen LogP contribution is -2.30. The van der Waals surface area contributed by atoms with Crippen LogP contribution in [0.1, 0.15) is 258 Å². The smallest absolute Gasteiger partial charge is 0.306 e. The molecular weight excluding hydrogens is 721 g/mol. The van der Waals surface area contributed by atoms with Crippen LogP contribution in [-0.4, -0.2) is 37.2 Å². The molecule has 0 saturated carbocycles. The highest BCUT2D eigenvalue weighted by molar-refractivity contribution is 5.71. The largest absolute Gasteiger partial charge is 0.462 e. The maximum absolute atomic E-state index is 12.7. The van der Waals surface area contributed by atoms with Crippen molar-refractivity contribution in [1.29, 1.82) is 0 Å². The van der Waals surface area contributed by atoms with Crippen LogP contribution < -0.4 is 0 Å². The molecule has 1 unspecified atom stereocenters. The summed E-state index contributed by atoms with van der Waals surface area (Å²) >= 11 is 0. The molecule has 0 N–H and O–H groups in total. The van der Waals surface area contributed by atoms with Gasteiger partial charge in [0.05, 0.1) is 0 Å². The Bertz CT molecular complexity index is 984. The van der Waals surface area contributed by atoms with Crippen molar-refractivity contribution in [3.05, 3.63) is 36.5 Å². The van der Waals surface area contributed by atoms with Crippen molar-refractivity contribution >= 4 is 17.9 Å². The fourth-order valence-corrected chi connectivity index (χ4v) is 7.21. The van der Waals surface area contributed by atoms with Gasteiger partial charge in [-0.15, -0.1) is 0 Å². The first-order chi connectivity index (χ1) is 28.5. The number of carbonyl (C=O) groups is 3. The summed E-state index contributed by atoms with van der Waals surface area (Å²) in [6.07, 6.45) is 54.1. The van der Waals surface area contributed by atoms with E-state index >= 15 is 0 Å². The van der Waals surface area contributed by atoms with Gasteiger partial charge in [-0.1, -0.05) is 237 Å². The van der Waals surface area contributed by atoms with Crippen molar-refractivity contribution in [2.75, 3.05) is 13.2 Å². The van der Waals surface area contributed by atoms with E-state index in [2.05, 4.69) is 57.2 Å². The van der Waals surface area contributed by atoms with Crippen LogP contribution >= 0.6 is 0 Å². The lowest BCUT2D eigenvalue weighted by atomic mass is 10.0. The second kappa shape index (κ2) is 47.3. The van der Waals surface area contributed by atoms with Gasteiger partial charge in [0.25, 0.3) is 0 Å². The van der Waals surface area contributed by atoms with E-state index < -0.39 is 6.10 Å². The van der Waals surface area contributed by atoms with Crippen LogP contribution in [0.15, 0.2) is 36.5 Å². The number of hydrogen-bond acceptors (Lipinski definition) is 6. The molecule has 0 aliphatic carbocycles. The Labute approximate surface area is 359 Å². The Hall–Kier alpha value is -2.37. The normalized spacial score (nSPS) is 12.3. The Balaban J connectivity index is 4.37. The molecule has 0 aromatic rings. The molecule has 6 nitrogen and oxygen atoms in total. The minimum Gasteiger partial charge on any atom is -0.462 e. The molecule has 0 fully saturated rings. The van der Waals surface area contributed by atoms with E-state index in [0.717, 1.165) is 83.5 Å². The first-order valence-corrected chi connectivity index (χ1v) is 25.0. The van der Waals surface area contributed by atoms with Gasteiger partial charge < -0.3 is 14.2 Å². The molecule has 0 aliphatic rings. The van der Waals surface area contributed by atoms with Gasteiger partial charge in [0.15, 0.2) is 6.10 Å². The monoisotopic (exact) mass is 815 g/mol. The van der Waals surface area contributed by atoms with Crippen molar-refractivity contribution in [2.24, 2.45) is 0 Å². The molecule has 0 rings (SSSR count). The molecule has 6 heteroatoms. The SMILES string of the molecule is CC/C=C/C=C/C=C/CCCCCCCC(=O)OC(COC(=O)CCCCCCCCCCCCCCC)COC(=O)CCCCCCCCCCCCCCCC. The van der Waals surface area contributed by atoms with Crippen LogP contribution in [0.4, 0.5) is 0 Å². The number of carbonyl (C=O) groups excluding carboxylic acids is 3. The molecule has 338 valence electrons. The minimum absolute atomic E-state index is 0.0766. The second-order valence-electron chi connectivity index (χ2n) is 16.8. The molecule has 0 aromatic heterocycles. The average Bonchev–Trinajstić information content (AvgIpc) is 3.22. The van der Waals surface area contributed by atoms with Crippen LogP contribution in [0.5, 0.6) is 0 Å². The zero-order chi connectivity index (χ0) is 42.3. The zero-order valence-electron chi connectivity index (χ0n) is 38.6. The summed E-state index contributed by atoms with van der Waals surface area (Å²) in [4.78, 5) is 37.9. The Kier molecular flexibility index (Phi) is 45.4. The summed E-state index contributed by atoms with van der Waals surface area (Å²) in [6, 6.07) is 0. The highest BCUT2D eigenvalue weighted by Crippen LogP contribution is 2.16. The number of unbranched alkanes of at least 4 members (excludes halogenated alkanes) is 30. The Morgan fingerprint density at radius 1 is 0.362 bits per heavy atom. The summed E-state index contributed by atoms with van der Waals surface area (Å²) in [7, 11) is 0. The molecule has 1 atom stereocenters. The fourth-order valence-electron chi connectivity index (χ4n) is 7.21. The van der Waals surface area contributed by atoms with Gasteiger partial charge in [-0.25, -0.2) is 0 Å². The topological polar surface area (TPSA) is 78.9 Å². The number of esters is 3. The van der Waals surface area contributed by atoms with E-state index in [9.17, 15) is 14.4 Å². The number of rotatable bonds is 45. The van der Waals surface area contributed by atoms with E-state index in [-0.39, 0.29) is 31.1 Å². The number of allylic oxidation sites excluding steroid dienone is 6. The first-order valence-electron chi connectivity index (χ1n) is 25.0. The molecule has 0 saturated heterocycles. The molecule has 0 heterocycles. The van der Waals surface area contributed by atoms with Gasteiger partial charge in [-0.3, -0.25) is 14.4 Å². The average molecular weight is 815 g/mol. The van der Waals surface area contributed by atoms with Gasteiger partial charge in [0.1, 0.15) is 13.2 Å². The van der Waals surface area contributed by atoms with Crippen LogP contribution in [0.2, 0.25) is 0 Å². The van der Waals surface area contributed by atoms with Gasteiger partial charge in [0, 0.05) is 19.3 Å². The van der Waals surface area contributed by atoms with Crippen molar-refractivity contribution in [1.82, 2.24) is 0 Å². The van der Waals surface area contributed by atoms with Crippen LogP contribution in [0, 0.1) is 0 Å².